The molecule has 0 spiro atoms. The first-order valence-corrected chi connectivity index (χ1v) is 7.64. The molecule has 1 saturated heterocycles. The minimum atomic E-state index is -3.86. The molecule has 5 nitrogen and oxygen atoms in total. The molecular weight excluding hydrogens is 269 g/mol. The Balaban J connectivity index is 2.23. The Hall–Kier alpha value is -1.05. The van der Waals surface area contributed by atoms with E-state index in [1.165, 1.54) is 23.6 Å². The van der Waals surface area contributed by atoms with Crippen LogP contribution in [0.25, 0.3) is 0 Å². The highest BCUT2D eigenvalue weighted by Gasteiger charge is 2.32. The van der Waals surface area contributed by atoms with Gasteiger partial charge in [-0.05, 0) is 45.1 Å². The van der Waals surface area contributed by atoms with Gasteiger partial charge in [0, 0.05) is 19.3 Å². The Morgan fingerprint density at radius 2 is 2.05 bits per heavy atom. The number of aromatic nitrogens is 1. The molecule has 1 aliphatic heterocycles. The van der Waals surface area contributed by atoms with Gasteiger partial charge in [0.2, 0.25) is 5.03 Å². The van der Waals surface area contributed by atoms with Crippen LogP contribution in [0.1, 0.15) is 12.8 Å². The quantitative estimate of drug-likeness (QED) is 0.830. The van der Waals surface area contributed by atoms with E-state index in [0.29, 0.717) is 0 Å². The van der Waals surface area contributed by atoms with E-state index in [9.17, 15) is 12.8 Å². The molecule has 0 aliphatic carbocycles. The molecule has 2 rings (SSSR count). The van der Waals surface area contributed by atoms with Crippen LogP contribution >= 0.6 is 0 Å². The maximum absolute atomic E-state index is 13.6. The topological polar surface area (TPSA) is 53.5 Å². The second-order valence-corrected chi connectivity index (χ2v) is 6.76. The number of halogens is 1. The molecule has 1 aromatic rings. The van der Waals surface area contributed by atoms with Gasteiger partial charge in [0.15, 0.2) is 5.82 Å². The summed E-state index contributed by atoms with van der Waals surface area (Å²) in [6, 6.07) is 2.40. The number of hydrogen-bond donors (Lipinski definition) is 0. The van der Waals surface area contributed by atoms with Crippen LogP contribution < -0.4 is 0 Å². The zero-order valence-electron chi connectivity index (χ0n) is 11.1. The fourth-order valence-corrected chi connectivity index (χ4v) is 3.64. The average Bonchev–Trinajstić information content (AvgIpc) is 2.39. The first-order valence-electron chi connectivity index (χ1n) is 6.20. The van der Waals surface area contributed by atoms with Crippen molar-refractivity contribution in [1.82, 2.24) is 14.2 Å². The number of nitrogens with zero attached hydrogens (tertiary/aromatic N) is 3. The van der Waals surface area contributed by atoms with Crippen molar-refractivity contribution in [2.75, 3.05) is 27.2 Å². The Bertz CT molecular complexity index is 542. The molecule has 2 heterocycles. The van der Waals surface area contributed by atoms with Crippen molar-refractivity contribution in [2.45, 2.75) is 23.9 Å². The van der Waals surface area contributed by atoms with Gasteiger partial charge in [-0.25, -0.2) is 17.8 Å². The van der Waals surface area contributed by atoms with E-state index in [1.807, 2.05) is 7.05 Å². The van der Waals surface area contributed by atoms with E-state index in [1.54, 1.807) is 0 Å². The maximum atomic E-state index is 13.6. The van der Waals surface area contributed by atoms with Crippen molar-refractivity contribution < 1.29 is 12.8 Å². The molecule has 7 heteroatoms. The minimum Gasteiger partial charge on any atom is -0.306 e. The molecule has 0 N–H and O–H groups in total. The van der Waals surface area contributed by atoms with Crippen LogP contribution in [0.3, 0.4) is 0 Å². The largest absolute Gasteiger partial charge is 0.306 e. The number of piperidine rings is 1. The molecular formula is C12H18FN3O2S. The molecule has 0 atom stereocenters. The summed E-state index contributed by atoms with van der Waals surface area (Å²) in [7, 11) is -0.355. The molecule has 19 heavy (non-hydrogen) atoms. The predicted molar refractivity (Wildman–Crippen MR) is 69.7 cm³/mol. The lowest BCUT2D eigenvalue weighted by Gasteiger charge is -2.34. The smallest absolute Gasteiger partial charge is 0.263 e. The summed E-state index contributed by atoms with van der Waals surface area (Å²) >= 11 is 0. The summed E-state index contributed by atoms with van der Waals surface area (Å²) in [5.74, 6) is -0.803. The van der Waals surface area contributed by atoms with Gasteiger partial charge in [-0.1, -0.05) is 0 Å². The summed E-state index contributed by atoms with van der Waals surface area (Å²) in [4.78, 5) is 5.82. The lowest BCUT2D eigenvalue weighted by Crippen LogP contribution is -2.44. The van der Waals surface area contributed by atoms with Crippen LogP contribution in [0.15, 0.2) is 23.4 Å². The Morgan fingerprint density at radius 3 is 2.63 bits per heavy atom. The molecule has 0 radical (unpaired) electrons. The minimum absolute atomic E-state index is 0.0948. The van der Waals surface area contributed by atoms with Crippen molar-refractivity contribution in [2.24, 2.45) is 0 Å². The van der Waals surface area contributed by atoms with E-state index in [4.69, 9.17) is 0 Å². The summed E-state index contributed by atoms with van der Waals surface area (Å²) < 4.78 is 39.5. The molecule has 0 unspecified atom stereocenters. The maximum Gasteiger partial charge on any atom is 0.263 e. The van der Waals surface area contributed by atoms with Gasteiger partial charge in [-0.15, -0.1) is 0 Å². The lowest BCUT2D eigenvalue weighted by atomic mass is 10.1. The fraction of sp³-hybridized carbons (Fsp3) is 0.583. The highest BCUT2D eigenvalue weighted by molar-refractivity contribution is 7.89. The predicted octanol–water partition coefficient (Wildman–Crippen LogP) is 0.935. The number of rotatable bonds is 3. The van der Waals surface area contributed by atoms with E-state index in [0.717, 1.165) is 32.0 Å². The van der Waals surface area contributed by atoms with Gasteiger partial charge < -0.3 is 4.90 Å². The standard InChI is InChI=1S/C12H18FN3O2S/c1-15-8-5-10(6-9-15)16(2)19(17,18)12-11(13)4-3-7-14-12/h3-4,7,10H,5-6,8-9H2,1-2H3. The average molecular weight is 287 g/mol. The van der Waals surface area contributed by atoms with Gasteiger partial charge in [0.25, 0.3) is 10.0 Å². The number of pyridine rings is 1. The second-order valence-electron chi connectivity index (χ2n) is 4.85. The van der Waals surface area contributed by atoms with Crippen molar-refractivity contribution in [3.63, 3.8) is 0 Å². The summed E-state index contributed by atoms with van der Waals surface area (Å²) in [5.41, 5.74) is 0. The van der Waals surface area contributed by atoms with E-state index in [2.05, 4.69) is 9.88 Å². The van der Waals surface area contributed by atoms with Gasteiger partial charge >= 0.3 is 0 Å². The van der Waals surface area contributed by atoms with Crippen LogP contribution in [0.2, 0.25) is 0 Å². The Morgan fingerprint density at radius 1 is 1.42 bits per heavy atom. The van der Waals surface area contributed by atoms with Crippen molar-refractivity contribution in [1.29, 1.82) is 0 Å². The highest BCUT2D eigenvalue weighted by atomic mass is 32.2. The van der Waals surface area contributed by atoms with Crippen molar-refractivity contribution in [3.8, 4) is 0 Å². The first kappa shape index (κ1) is 14.4. The fourth-order valence-electron chi connectivity index (χ4n) is 2.25. The zero-order chi connectivity index (χ0) is 14.0. The SMILES string of the molecule is CN1CCC(N(C)S(=O)(=O)c2ncccc2F)CC1. The van der Waals surface area contributed by atoms with Crippen molar-refractivity contribution >= 4 is 10.0 Å². The van der Waals surface area contributed by atoms with Gasteiger partial charge in [0.05, 0.1) is 0 Å². The molecule has 1 fully saturated rings. The Kier molecular flexibility index (Phi) is 4.17. The van der Waals surface area contributed by atoms with Crippen LogP contribution in [0.4, 0.5) is 4.39 Å². The van der Waals surface area contributed by atoms with Crippen LogP contribution in [0.5, 0.6) is 0 Å². The Labute approximate surface area is 113 Å². The third-order valence-electron chi connectivity index (χ3n) is 3.55. The van der Waals surface area contributed by atoms with Crippen molar-refractivity contribution in [3.05, 3.63) is 24.1 Å². The van der Waals surface area contributed by atoms with Crippen LogP contribution in [-0.4, -0.2) is 55.8 Å². The molecule has 0 bridgehead atoms. The second kappa shape index (κ2) is 5.52. The van der Waals surface area contributed by atoms with Crippen LogP contribution in [0, 0.1) is 5.82 Å². The van der Waals surface area contributed by atoms with E-state index in [-0.39, 0.29) is 6.04 Å². The third kappa shape index (κ3) is 2.93. The third-order valence-corrected chi connectivity index (χ3v) is 5.40. The monoisotopic (exact) mass is 287 g/mol. The number of hydrogen-bond acceptors (Lipinski definition) is 4. The number of likely N-dealkylation sites (tertiary alicyclic amines) is 1. The summed E-state index contributed by atoms with van der Waals surface area (Å²) in [5, 5.41) is -0.489. The van der Waals surface area contributed by atoms with Crippen LogP contribution in [-0.2, 0) is 10.0 Å². The first-order chi connectivity index (χ1) is 8.93. The highest BCUT2D eigenvalue weighted by Crippen LogP contribution is 2.22. The molecule has 0 amide bonds. The number of sulfonamides is 1. The van der Waals surface area contributed by atoms with Gasteiger partial charge in [0.1, 0.15) is 0 Å². The molecule has 0 aromatic carbocycles. The molecule has 0 saturated carbocycles. The van der Waals surface area contributed by atoms with Gasteiger partial charge in [-0.3, -0.25) is 0 Å². The summed E-state index contributed by atoms with van der Waals surface area (Å²) in [6.07, 6.45) is 2.79. The molecule has 1 aliphatic rings. The summed E-state index contributed by atoms with van der Waals surface area (Å²) in [6.45, 7) is 1.68. The van der Waals surface area contributed by atoms with E-state index >= 15 is 0 Å². The lowest BCUT2D eigenvalue weighted by molar-refractivity contribution is 0.197. The zero-order valence-corrected chi connectivity index (χ0v) is 11.9. The molecule has 106 valence electrons. The normalized spacial score (nSPS) is 18.9. The molecule has 1 aromatic heterocycles. The van der Waals surface area contributed by atoms with Gasteiger partial charge in [-0.2, -0.15) is 4.31 Å². The van der Waals surface area contributed by atoms with E-state index < -0.39 is 20.9 Å².